The first-order chi connectivity index (χ1) is 17.0. The van der Waals surface area contributed by atoms with Gasteiger partial charge in [0.2, 0.25) is 0 Å². The Morgan fingerprint density at radius 3 is 1.83 bits per heavy atom. The van der Waals surface area contributed by atoms with Gasteiger partial charge < -0.3 is 0 Å². The number of aryl methyl sites for hydroxylation is 3. The molecule has 0 spiro atoms. The van der Waals surface area contributed by atoms with Gasteiger partial charge in [-0.1, -0.05) is 93.1 Å². The van der Waals surface area contributed by atoms with E-state index in [1.807, 2.05) is 6.07 Å². The summed E-state index contributed by atoms with van der Waals surface area (Å²) < 4.78 is 28.5. The molecule has 0 radical (unpaired) electrons. The van der Waals surface area contributed by atoms with Gasteiger partial charge in [0.05, 0.1) is 5.02 Å². The summed E-state index contributed by atoms with van der Waals surface area (Å²) in [6.45, 7) is 2.24. The van der Waals surface area contributed by atoms with E-state index < -0.39 is 5.82 Å². The second-order valence-electron chi connectivity index (χ2n) is 10.3. The molecular weight excluding hydrogens is 458 g/mol. The molecule has 1 aliphatic carbocycles. The van der Waals surface area contributed by atoms with Crippen molar-refractivity contribution in [3.8, 4) is 11.1 Å². The first kappa shape index (κ1) is 25.9. The molecule has 0 aromatic heterocycles. The van der Waals surface area contributed by atoms with Crippen LogP contribution in [0.3, 0.4) is 0 Å². The normalized spacial score (nSPS) is 18.1. The highest BCUT2D eigenvalue weighted by Gasteiger charge is 2.21. The van der Waals surface area contributed by atoms with Crippen LogP contribution in [0.25, 0.3) is 11.1 Å². The van der Waals surface area contributed by atoms with Gasteiger partial charge in [-0.2, -0.15) is 0 Å². The summed E-state index contributed by atoms with van der Waals surface area (Å²) in [5.74, 6) is 0.745. The average molecular weight is 495 g/mol. The Kier molecular flexibility index (Phi) is 9.38. The maximum atomic E-state index is 14.7. The lowest BCUT2D eigenvalue weighted by Gasteiger charge is -2.28. The van der Waals surface area contributed by atoms with E-state index >= 15 is 0 Å². The third-order valence-corrected chi connectivity index (χ3v) is 8.06. The topological polar surface area (TPSA) is 0 Å². The van der Waals surface area contributed by atoms with Gasteiger partial charge >= 0.3 is 0 Å². The molecule has 3 aromatic rings. The monoisotopic (exact) mass is 494 g/mol. The van der Waals surface area contributed by atoms with Gasteiger partial charge in [0.1, 0.15) is 11.6 Å². The van der Waals surface area contributed by atoms with Crippen molar-refractivity contribution in [2.24, 2.45) is 11.8 Å². The quantitative estimate of drug-likeness (QED) is 0.263. The third kappa shape index (κ3) is 7.40. The molecule has 0 unspecified atom stereocenters. The molecular formula is C32H37ClF2. The number of halogens is 3. The van der Waals surface area contributed by atoms with E-state index in [0.717, 1.165) is 30.2 Å². The zero-order chi connectivity index (χ0) is 24.6. The van der Waals surface area contributed by atoms with Crippen molar-refractivity contribution in [3.05, 3.63) is 94.0 Å². The molecule has 186 valence electrons. The van der Waals surface area contributed by atoms with Crippen molar-refractivity contribution in [2.75, 3.05) is 0 Å². The zero-order valence-corrected chi connectivity index (χ0v) is 21.6. The third-order valence-electron chi connectivity index (χ3n) is 7.75. The van der Waals surface area contributed by atoms with E-state index in [4.69, 9.17) is 11.6 Å². The van der Waals surface area contributed by atoms with E-state index in [1.165, 1.54) is 81.0 Å². The Morgan fingerprint density at radius 1 is 0.686 bits per heavy atom. The molecule has 1 saturated carbocycles. The fourth-order valence-electron chi connectivity index (χ4n) is 5.42. The largest absolute Gasteiger partial charge is 0.206 e. The summed E-state index contributed by atoms with van der Waals surface area (Å²) >= 11 is 5.75. The van der Waals surface area contributed by atoms with Crippen LogP contribution in [0.1, 0.15) is 75.0 Å². The van der Waals surface area contributed by atoms with Crippen molar-refractivity contribution in [3.63, 3.8) is 0 Å². The van der Waals surface area contributed by atoms with Crippen molar-refractivity contribution in [2.45, 2.75) is 77.6 Å². The predicted octanol–water partition coefficient (Wildman–Crippen LogP) is 10.00. The van der Waals surface area contributed by atoms with E-state index in [-0.39, 0.29) is 10.8 Å². The molecule has 0 N–H and O–H groups in total. The average Bonchev–Trinajstić information content (AvgIpc) is 2.88. The van der Waals surface area contributed by atoms with Crippen LogP contribution < -0.4 is 0 Å². The van der Waals surface area contributed by atoms with E-state index in [0.29, 0.717) is 11.1 Å². The maximum Gasteiger partial charge on any atom is 0.142 e. The van der Waals surface area contributed by atoms with Crippen LogP contribution in [0.5, 0.6) is 0 Å². The Bertz CT molecular complexity index is 1080. The molecule has 0 bridgehead atoms. The molecule has 1 aliphatic rings. The number of benzene rings is 3. The van der Waals surface area contributed by atoms with Gasteiger partial charge in [0, 0.05) is 5.56 Å². The number of rotatable bonds is 10. The van der Waals surface area contributed by atoms with Crippen molar-refractivity contribution in [1.29, 1.82) is 0 Å². The van der Waals surface area contributed by atoms with Crippen LogP contribution in [0, 0.1) is 23.5 Å². The van der Waals surface area contributed by atoms with Crippen LogP contribution >= 0.6 is 11.6 Å². The molecule has 1 fully saturated rings. The number of unbranched alkanes of at least 4 members (excludes halogenated alkanes) is 1. The summed E-state index contributed by atoms with van der Waals surface area (Å²) in [5.41, 5.74) is 4.89. The zero-order valence-electron chi connectivity index (χ0n) is 20.8. The van der Waals surface area contributed by atoms with Crippen molar-refractivity contribution in [1.82, 2.24) is 0 Å². The second-order valence-corrected chi connectivity index (χ2v) is 10.7. The van der Waals surface area contributed by atoms with Crippen LogP contribution in [-0.4, -0.2) is 0 Å². The summed E-state index contributed by atoms with van der Waals surface area (Å²) in [6.07, 6.45) is 13.4. The van der Waals surface area contributed by atoms with Gasteiger partial charge in [-0.05, 0) is 90.8 Å². The fraction of sp³-hybridized carbons (Fsp3) is 0.438. The lowest BCUT2D eigenvalue weighted by Crippen LogP contribution is -2.15. The Balaban J connectivity index is 1.20. The molecule has 0 amide bonds. The smallest absolute Gasteiger partial charge is 0.142 e. The van der Waals surface area contributed by atoms with Gasteiger partial charge in [-0.15, -0.1) is 0 Å². The lowest BCUT2D eigenvalue weighted by atomic mass is 9.77. The van der Waals surface area contributed by atoms with Crippen LogP contribution in [0.2, 0.25) is 5.02 Å². The maximum absolute atomic E-state index is 14.7. The van der Waals surface area contributed by atoms with Gasteiger partial charge in [-0.3, -0.25) is 0 Å². The number of hydrogen-bond acceptors (Lipinski definition) is 0. The molecule has 0 nitrogen and oxygen atoms in total. The minimum atomic E-state index is -0.524. The lowest BCUT2D eigenvalue weighted by molar-refractivity contribution is 0.253. The van der Waals surface area contributed by atoms with Crippen molar-refractivity contribution < 1.29 is 8.78 Å². The van der Waals surface area contributed by atoms with Crippen LogP contribution in [-0.2, 0) is 19.3 Å². The highest BCUT2D eigenvalue weighted by atomic mass is 35.5. The molecule has 3 aromatic carbocycles. The minimum Gasteiger partial charge on any atom is -0.206 e. The highest BCUT2D eigenvalue weighted by molar-refractivity contribution is 6.30. The van der Waals surface area contributed by atoms with Crippen LogP contribution in [0.15, 0.2) is 60.7 Å². The Morgan fingerprint density at radius 2 is 1.26 bits per heavy atom. The van der Waals surface area contributed by atoms with E-state index in [2.05, 4.69) is 31.2 Å². The van der Waals surface area contributed by atoms with Crippen molar-refractivity contribution >= 4 is 11.6 Å². The summed E-state index contributed by atoms with van der Waals surface area (Å²) in [5, 5.41) is 0.0527. The van der Waals surface area contributed by atoms with E-state index in [9.17, 15) is 8.78 Å². The highest BCUT2D eigenvalue weighted by Crippen LogP contribution is 2.34. The molecule has 3 heteroatoms. The molecule has 35 heavy (non-hydrogen) atoms. The molecule has 0 aliphatic heterocycles. The SMILES string of the molecule is CCCCc1ccc(CCC2CCC(CCc3ccc(-c4ccc(Cl)c(F)c4)c(F)c3)CC2)cc1. The predicted molar refractivity (Wildman–Crippen MR) is 144 cm³/mol. The second kappa shape index (κ2) is 12.7. The summed E-state index contributed by atoms with van der Waals surface area (Å²) in [7, 11) is 0. The van der Waals surface area contributed by atoms with Gasteiger partial charge in [-0.25, -0.2) is 8.78 Å². The number of hydrogen-bond donors (Lipinski definition) is 0. The summed E-state index contributed by atoms with van der Waals surface area (Å²) in [6, 6.07) is 19.0. The molecule has 4 rings (SSSR count). The minimum absolute atomic E-state index is 0.0527. The van der Waals surface area contributed by atoms with Gasteiger partial charge in [0.25, 0.3) is 0 Å². The fourth-order valence-corrected chi connectivity index (χ4v) is 5.53. The van der Waals surface area contributed by atoms with Crippen LogP contribution in [0.4, 0.5) is 8.78 Å². The first-order valence-corrected chi connectivity index (χ1v) is 13.7. The standard InChI is InChI=1S/C32H37ClF2/c1-2-3-4-23-5-7-24(8-6-23)9-10-25-11-13-26(14-12-25)15-16-27-17-19-29(31(34)21-27)28-18-20-30(33)32(35)22-28/h5-8,17-22,25-26H,2-4,9-16H2,1H3. The molecule has 0 heterocycles. The molecule has 0 atom stereocenters. The van der Waals surface area contributed by atoms with E-state index in [1.54, 1.807) is 18.2 Å². The summed E-state index contributed by atoms with van der Waals surface area (Å²) in [4.78, 5) is 0. The molecule has 0 saturated heterocycles. The van der Waals surface area contributed by atoms with Gasteiger partial charge in [0.15, 0.2) is 0 Å². The Hall–Kier alpha value is -2.19. The first-order valence-electron chi connectivity index (χ1n) is 13.3. The Labute approximate surface area is 214 Å².